The highest BCUT2D eigenvalue weighted by Crippen LogP contribution is 2.20. The van der Waals surface area contributed by atoms with Gasteiger partial charge in [0.25, 0.3) is 0 Å². The maximum Gasteiger partial charge on any atom is 0.243 e. The molecular formula is C23H39N5O. The van der Waals surface area contributed by atoms with Crippen LogP contribution in [-0.4, -0.2) is 73.5 Å². The number of rotatable bonds is 8. The second kappa shape index (κ2) is 11.2. The number of hydrogen-bond donors (Lipinski definition) is 2. The molecule has 0 bridgehead atoms. The Morgan fingerprint density at radius 1 is 1.14 bits per heavy atom. The van der Waals surface area contributed by atoms with Crippen molar-refractivity contribution in [2.24, 2.45) is 4.99 Å². The van der Waals surface area contributed by atoms with Gasteiger partial charge in [0.2, 0.25) is 5.91 Å². The summed E-state index contributed by atoms with van der Waals surface area (Å²) in [6.45, 7) is 10.8. The Morgan fingerprint density at radius 3 is 2.41 bits per heavy atom. The van der Waals surface area contributed by atoms with Crippen molar-refractivity contribution in [2.75, 3.05) is 33.7 Å². The second-order valence-electron chi connectivity index (χ2n) is 8.66. The Balaban J connectivity index is 1.99. The molecule has 29 heavy (non-hydrogen) atoms. The molecule has 0 saturated heterocycles. The van der Waals surface area contributed by atoms with Crippen LogP contribution in [0.2, 0.25) is 0 Å². The number of guanidine groups is 1. The van der Waals surface area contributed by atoms with Crippen LogP contribution in [0.15, 0.2) is 29.3 Å². The van der Waals surface area contributed by atoms with Gasteiger partial charge in [0, 0.05) is 45.3 Å². The highest BCUT2D eigenvalue weighted by atomic mass is 16.2. The number of amides is 1. The molecule has 0 spiro atoms. The van der Waals surface area contributed by atoms with Crippen LogP contribution in [0.25, 0.3) is 0 Å². The zero-order valence-corrected chi connectivity index (χ0v) is 19.0. The number of carbonyl (C=O) groups excluding carboxylic acids is 1. The number of fused-ring (bicyclic) bond motifs is 1. The van der Waals surface area contributed by atoms with Crippen molar-refractivity contribution in [1.29, 1.82) is 0 Å². The minimum atomic E-state index is 0.00563. The summed E-state index contributed by atoms with van der Waals surface area (Å²) < 4.78 is 0. The number of hydrogen-bond acceptors (Lipinski definition) is 3. The van der Waals surface area contributed by atoms with E-state index in [9.17, 15) is 4.79 Å². The van der Waals surface area contributed by atoms with Crippen LogP contribution in [0.3, 0.4) is 0 Å². The molecule has 0 aromatic heterocycles. The predicted octanol–water partition coefficient (Wildman–Crippen LogP) is 2.29. The van der Waals surface area contributed by atoms with Crippen LogP contribution in [0, 0.1) is 0 Å². The van der Waals surface area contributed by atoms with Crippen molar-refractivity contribution >= 4 is 11.9 Å². The van der Waals surface area contributed by atoms with Gasteiger partial charge in [-0.2, -0.15) is 0 Å². The summed E-state index contributed by atoms with van der Waals surface area (Å²) in [6, 6.07) is 9.98. The van der Waals surface area contributed by atoms with Crippen molar-refractivity contribution in [3.8, 4) is 0 Å². The average Bonchev–Trinajstić information content (AvgIpc) is 2.67. The summed E-state index contributed by atoms with van der Waals surface area (Å²) in [7, 11) is 3.53. The Labute approximate surface area is 176 Å². The molecule has 2 N–H and O–H groups in total. The molecule has 6 nitrogen and oxygen atoms in total. The molecule has 1 aromatic rings. The number of likely N-dealkylation sites (N-methyl/N-ethyl adjacent to an activating group) is 1. The van der Waals surface area contributed by atoms with E-state index < -0.39 is 0 Å². The van der Waals surface area contributed by atoms with E-state index in [2.05, 4.69) is 72.5 Å². The van der Waals surface area contributed by atoms with Crippen molar-refractivity contribution in [1.82, 2.24) is 20.4 Å². The molecule has 1 amide bonds. The van der Waals surface area contributed by atoms with E-state index in [1.807, 2.05) is 0 Å². The number of carbonyl (C=O) groups is 1. The summed E-state index contributed by atoms with van der Waals surface area (Å²) in [6.07, 6.45) is 3.14. The zero-order valence-electron chi connectivity index (χ0n) is 19.0. The van der Waals surface area contributed by atoms with Gasteiger partial charge in [-0.05, 0) is 58.1 Å². The third-order valence-corrected chi connectivity index (χ3v) is 5.55. The molecule has 1 atom stereocenters. The van der Waals surface area contributed by atoms with Crippen LogP contribution in [0.1, 0.15) is 45.2 Å². The van der Waals surface area contributed by atoms with Crippen molar-refractivity contribution < 1.29 is 4.79 Å². The van der Waals surface area contributed by atoms with Gasteiger partial charge in [-0.15, -0.1) is 0 Å². The lowest BCUT2D eigenvalue weighted by molar-refractivity contribution is -0.127. The maximum atomic E-state index is 12.0. The van der Waals surface area contributed by atoms with E-state index in [4.69, 9.17) is 0 Å². The van der Waals surface area contributed by atoms with Crippen molar-refractivity contribution in [2.45, 2.75) is 65.1 Å². The molecule has 0 heterocycles. The number of nitrogens with one attached hydrogen (secondary N) is 2. The van der Waals surface area contributed by atoms with Gasteiger partial charge < -0.3 is 15.5 Å². The normalized spacial score (nSPS) is 16.9. The van der Waals surface area contributed by atoms with Gasteiger partial charge in [-0.25, -0.2) is 4.99 Å². The molecule has 6 heteroatoms. The fourth-order valence-corrected chi connectivity index (χ4v) is 3.87. The SMILES string of the molecule is CC(C)N(CCNC(=NCC(=O)N(C)C)NC1CCc2ccccc2C1)C(C)C. The predicted molar refractivity (Wildman–Crippen MR) is 121 cm³/mol. The Kier molecular flexibility index (Phi) is 8.96. The van der Waals surface area contributed by atoms with Gasteiger partial charge >= 0.3 is 0 Å². The second-order valence-corrected chi connectivity index (χ2v) is 8.66. The van der Waals surface area contributed by atoms with E-state index in [0.717, 1.165) is 38.3 Å². The van der Waals surface area contributed by atoms with Crippen LogP contribution in [0.4, 0.5) is 0 Å². The van der Waals surface area contributed by atoms with Crippen molar-refractivity contribution in [3.05, 3.63) is 35.4 Å². The first-order valence-electron chi connectivity index (χ1n) is 10.9. The third-order valence-electron chi connectivity index (χ3n) is 5.55. The molecule has 1 aliphatic carbocycles. The van der Waals surface area contributed by atoms with Gasteiger partial charge in [-0.1, -0.05) is 24.3 Å². The van der Waals surface area contributed by atoms with Gasteiger partial charge in [0.05, 0.1) is 0 Å². The first-order valence-corrected chi connectivity index (χ1v) is 10.9. The van der Waals surface area contributed by atoms with E-state index in [0.29, 0.717) is 18.1 Å². The lowest BCUT2D eigenvalue weighted by Gasteiger charge is -2.31. The fraction of sp³-hybridized carbons (Fsp3) is 0.652. The first kappa shape index (κ1) is 23.2. The quantitative estimate of drug-likeness (QED) is 0.518. The number of benzene rings is 1. The summed E-state index contributed by atoms with van der Waals surface area (Å²) >= 11 is 0. The summed E-state index contributed by atoms with van der Waals surface area (Å²) in [5, 5.41) is 7.02. The smallest absolute Gasteiger partial charge is 0.243 e. The highest BCUT2D eigenvalue weighted by molar-refractivity contribution is 5.85. The van der Waals surface area contributed by atoms with E-state index in [1.165, 1.54) is 11.1 Å². The van der Waals surface area contributed by atoms with Crippen LogP contribution in [0.5, 0.6) is 0 Å². The first-order chi connectivity index (χ1) is 13.8. The zero-order chi connectivity index (χ0) is 21.4. The molecule has 162 valence electrons. The summed E-state index contributed by atoms with van der Waals surface area (Å²) in [4.78, 5) is 20.6. The largest absolute Gasteiger partial charge is 0.355 e. The van der Waals surface area contributed by atoms with Gasteiger partial charge in [0.15, 0.2) is 5.96 Å². The van der Waals surface area contributed by atoms with E-state index in [1.54, 1.807) is 19.0 Å². The summed E-state index contributed by atoms with van der Waals surface area (Å²) in [5.74, 6) is 0.739. The minimum absolute atomic E-state index is 0.00563. The molecule has 2 rings (SSSR count). The van der Waals surface area contributed by atoms with E-state index >= 15 is 0 Å². The summed E-state index contributed by atoms with van der Waals surface area (Å²) in [5.41, 5.74) is 2.86. The molecular weight excluding hydrogens is 362 g/mol. The maximum absolute atomic E-state index is 12.0. The lowest BCUT2D eigenvalue weighted by Crippen LogP contribution is -2.49. The Hall–Kier alpha value is -2.08. The topological polar surface area (TPSA) is 60.0 Å². The molecule has 0 radical (unpaired) electrons. The fourth-order valence-electron chi connectivity index (χ4n) is 3.87. The third kappa shape index (κ3) is 7.35. The van der Waals surface area contributed by atoms with Gasteiger partial charge in [-0.3, -0.25) is 9.69 Å². The minimum Gasteiger partial charge on any atom is -0.355 e. The number of nitrogens with zero attached hydrogens (tertiary/aromatic N) is 3. The monoisotopic (exact) mass is 401 g/mol. The van der Waals surface area contributed by atoms with Crippen LogP contribution < -0.4 is 10.6 Å². The van der Waals surface area contributed by atoms with Crippen molar-refractivity contribution in [3.63, 3.8) is 0 Å². The number of aryl methyl sites for hydroxylation is 1. The Bertz CT molecular complexity index is 676. The number of aliphatic imine (C=N–C) groups is 1. The Morgan fingerprint density at radius 2 is 1.79 bits per heavy atom. The molecule has 1 unspecified atom stereocenters. The van der Waals surface area contributed by atoms with E-state index in [-0.39, 0.29) is 12.5 Å². The molecule has 1 aromatic carbocycles. The molecule has 0 saturated carbocycles. The lowest BCUT2D eigenvalue weighted by atomic mass is 9.88. The molecule has 0 fully saturated rings. The average molecular weight is 402 g/mol. The molecule has 1 aliphatic rings. The van der Waals surface area contributed by atoms with Gasteiger partial charge in [0.1, 0.15) is 6.54 Å². The van der Waals surface area contributed by atoms with Crippen LogP contribution >= 0.6 is 0 Å². The van der Waals surface area contributed by atoms with Crippen LogP contribution in [-0.2, 0) is 17.6 Å². The highest BCUT2D eigenvalue weighted by Gasteiger charge is 2.20. The molecule has 0 aliphatic heterocycles. The standard InChI is InChI=1S/C23H39N5O/c1-17(2)28(18(3)4)14-13-24-23(25-16-22(29)27(5)6)26-21-12-11-19-9-7-8-10-20(19)15-21/h7-10,17-18,21H,11-16H2,1-6H3,(H2,24,25,26).